The molecule has 2 aliphatic carbocycles. The van der Waals surface area contributed by atoms with Gasteiger partial charge in [-0.1, -0.05) is 24.3 Å². The predicted octanol–water partition coefficient (Wildman–Crippen LogP) is 2.76. The van der Waals surface area contributed by atoms with Crippen LogP contribution >= 0.6 is 0 Å². The number of hydrogen-bond donors (Lipinski definition) is 0. The number of hydrogen-bond acceptors (Lipinski definition) is 0. The van der Waals surface area contributed by atoms with Crippen LogP contribution in [0.1, 0.15) is 13.8 Å². The predicted molar refractivity (Wildman–Crippen MR) is 43.7 cm³/mol. The van der Waals surface area contributed by atoms with Crippen LogP contribution in [0.3, 0.4) is 0 Å². The van der Waals surface area contributed by atoms with Crippen LogP contribution in [-0.2, 0) is 0 Å². The van der Waals surface area contributed by atoms with Crippen molar-refractivity contribution in [2.75, 3.05) is 0 Å². The quantitative estimate of drug-likeness (QED) is 0.473. The summed E-state index contributed by atoms with van der Waals surface area (Å²) in [5.74, 6) is 0. The van der Waals surface area contributed by atoms with Gasteiger partial charge in [0.15, 0.2) is 0 Å². The van der Waals surface area contributed by atoms with Crippen LogP contribution in [0.5, 0.6) is 0 Å². The molecule has 0 nitrogen and oxygen atoms in total. The molecule has 0 unspecified atom stereocenters. The number of allylic oxidation sites excluding steroid dienone is 8. The maximum atomic E-state index is 2.18. The smallest absolute Gasteiger partial charge is 0.0125 e. The van der Waals surface area contributed by atoms with Gasteiger partial charge >= 0.3 is 0 Å². The fourth-order valence-corrected chi connectivity index (χ4v) is 1.58. The maximum absolute atomic E-state index is 2.18. The lowest BCUT2D eigenvalue weighted by atomic mass is 10.1. The Morgan fingerprint density at radius 3 is 2.50 bits per heavy atom. The summed E-state index contributed by atoms with van der Waals surface area (Å²) in [5.41, 5.74) is 5.63. The van der Waals surface area contributed by atoms with E-state index >= 15 is 0 Å². The van der Waals surface area contributed by atoms with E-state index in [2.05, 4.69) is 38.2 Å². The SMILES string of the molecule is CC1=CC=C2C=CC(C)=C12. The third-order valence-corrected chi connectivity index (χ3v) is 2.10. The van der Waals surface area contributed by atoms with E-state index in [9.17, 15) is 0 Å². The van der Waals surface area contributed by atoms with E-state index in [0.29, 0.717) is 0 Å². The van der Waals surface area contributed by atoms with Gasteiger partial charge in [-0.25, -0.2) is 0 Å². The molecule has 0 atom stereocenters. The van der Waals surface area contributed by atoms with Gasteiger partial charge in [0.2, 0.25) is 0 Å². The maximum Gasteiger partial charge on any atom is -0.0125 e. The molecule has 0 saturated carbocycles. The summed E-state index contributed by atoms with van der Waals surface area (Å²) >= 11 is 0. The number of fused-ring (bicyclic) bond motifs is 1. The molecule has 0 aromatic rings. The van der Waals surface area contributed by atoms with Crippen molar-refractivity contribution in [3.8, 4) is 0 Å². The molecule has 2 aliphatic rings. The third kappa shape index (κ3) is 0.563. The molecular weight excluding hydrogens is 120 g/mol. The molecular formula is C10H10. The van der Waals surface area contributed by atoms with Gasteiger partial charge in [-0.15, -0.1) is 0 Å². The molecule has 0 fully saturated rings. The molecule has 50 valence electrons. The van der Waals surface area contributed by atoms with E-state index in [-0.39, 0.29) is 0 Å². The molecule has 0 heterocycles. The second-order valence-corrected chi connectivity index (χ2v) is 2.86. The van der Waals surface area contributed by atoms with Gasteiger partial charge in [0, 0.05) is 0 Å². The Morgan fingerprint density at radius 2 is 1.80 bits per heavy atom. The first-order valence-corrected chi connectivity index (χ1v) is 3.57. The van der Waals surface area contributed by atoms with Crippen molar-refractivity contribution in [3.05, 3.63) is 46.6 Å². The largest absolute Gasteiger partial charge is 0.0581 e. The zero-order valence-electron chi connectivity index (χ0n) is 6.31. The van der Waals surface area contributed by atoms with Gasteiger partial charge < -0.3 is 0 Å². The normalized spacial score (nSPS) is 21.4. The summed E-state index contributed by atoms with van der Waals surface area (Å²) in [4.78, 5) is 0. The van der Waals surface area contributed by atoms with Crippen LogP contribution in [0.2, 0.25) is 0 Å². The molecule has 0 saturated heterocycles. The monoisotopic (exact) mass is 130 g/mol. The summed E-state index contributed by atoms with van der Waals surface area (Å²) in [6.07, 6.45) is 8.71. The van der Waals surface area contributed by atoms with E-state index in [0.717, 1.165) is 0 Å². The van der Waals surface area contributed by atoms with Crippen LogP contribution in [-0.4, -0.2) is 0 Å². The Morgan fingerprint density at radius 1 is 1.00 bits per heavy atom. The summed E-state index contributed by atoms with van der Waals surface area (Å²) in [6, 6.07) is 0. The highest BCUT2D eigenvalue weighted by Crippen LogP contribution is 2.34. The van der Waals surface area contributed by atoms with Crippen molar-refractivity contribution in [2.24, 2.45) is 0 Å². The van der Waals surface area contributed by atoms with Gasteiger partial charge in [0.25, 0.3) is 0 Å². The van der Waals surface area contributed by atoms with Crippen molar-refractivity contribution in [3.63, 3.8) is 0 Å². The van der Waals surface area contributed by atoms with E-state index in [4.69, 9.17) is 0 Å². The van der Waals surface area contributed by atoms with Crippen molar-refractivity contribution < 1.29 is 0 Å². The van der Waals surface area contributed by atoms with Gasteiger partial charge in [-0.2, -0.15) is 0 Å². The first-order chi connectivity index (χ1) is 4.79. The minimum absolute atomic E-state index is 1.38. The van der Waals surface area contributed by atoms with Gasteiger partial charge in [-0.3, -0.25) is 0 Å². The molecule has 0 radical (unpaired) electrons. The van der Waals surface area contributed by atoms with E-state index in [1.807, 2.05) is 0 Å². The lowest BCUT2D eigenvalue weighted by Gasteiger charge is -1.99. The lowest BCUT2D eigenvalue weighted by molar-refractivity contribution is 1.38. The molecule has 10 heavy (non-hydrogen) atoms. The summed E-state index contributed by atoms with van der Waals surface area (Å²) in [5, 5.41) is 0. The third-order valence-electron chi connectivity index (χ3n) is 2.10. The molecule has 0 amide bonds. The van der Waals surface area contributed by atoms with Crippen molar-refractivity contribution in [1.29, 1.82) is 0 Å². The van der Waals surface area contributed by atoms with Crippen LogP contribution in [0.15, 0.2) is 46.6 Å². The lowest BCUT2D eigenvalue weighted by Crippen LogP contribution is -1.80. The van der Waals surface area contributed by atoms with E-state index in [1.54, 1.807) is 0 Å². The zero-order chi connectivity index (χ0) is 7.14. The first kappa shape index (κ1) is 5.72. The van der Waals surface area contributed by atoms with Gasteiger partial charge in [0.1, 0.15) is 0 Å². The summed E-state index contributed by atoms with van der Waals surface area (Å²) in [7, 11) is 0. The fourth-order valence-electron chi connectivity index (χ4n) is 1.58. The van der Waals surface area contributed by atoms with Crippen molar-refractivity contribution in [2.45, 2.75) is 13.8 Å². The Balaban J connectivity index is 2.59. The second kappa shape index (κ2) is 1.72. The zero-order valence-corrected chi connectivity index (χ0v) is 6.31. The molecule has 0 heteroatoms. The minimum Gasteiger partial charge on any atom is -0.0581 e. The minimum atomic E-state index is 1.38. The van der Waals surface area contributed by atoms with Crippen molar-refractivity contribution >= 4 is 0 Å². The van der Waals surface area contributed by atoms with E-state index < -0.39 is 0 Å². The average Bonchev–Trinajstić information content (AvgIpc) is 2.40. The first-order valence-electron chi connectivity index (χ1n) is 3.57. The summed E-state index contributed by atoms with van der Waals surface area (Å²) in [6.45, 7) is 4.32. The Bertz CT molecular complexity index is 296. The highest BCUT2D eigenvalue weighted by molar-refractivity contribution is 5.66. The average molecular weight is 130 g/mol. The van der Waals surface area contributed by atoms with Gasteiger partial charge in [0.05, 0.1) is 0 Å². The standard InChI is InChI=1S/C10H10/c1-7-3-5-9-6-4-8(2)10(7)9/h3-6H,1-2H3. The van der Waals surface area contributed by atoms with Crippen molar-refractivity contribution in [1.82, 2.24) is 0 Å². The Labute approximate surface area is 61.3 Å². The van der Waals surface area contributed by atoms with Crippen LogP contribution in [0, 0.1) is 0 Å². The molecule has 0 N–H and O–H groups in total. The van der Waals surface area contributed by atoms with Crippen LogP contribution in [0.4, 0.5) is 0 Å². The Kier molecular flexibility index (Phi) is 0.986. The van der Waals surface area contributed by atoms with Crippen LogP contribution in [0.25, 0.3) is 0 Å². The van der Waals surface area contributed by atoms with Crippen LogP contribution < -0.4 is 0 Å². The van der Waals surface area contributed by atoms with Gasteiger partial charge in [-0.05, 0) is 36.1 Å². The second-order valence-electron chi connectivity index (χ2n) is 2.86. The number of rotatable bonds is 0. The molecule has 0 aromatic carbocycles. The molecule has 0 aliphatic heterocycles. The summed E-state index contributed by atoms with van der Waals surface area (Å²) < 4.78 is 0. The molecule has 0 spiro atoms. The highest BCUT2D eigenvalue weighted by Gasteiger charge is 2.15. The molecule has 0 bridgehead atoms. The molecule has 2 rings (SSSR count). The topological polar surface area (TPSA) is 0 Å². The fraction of sp³-hybridized carbons (Fsp3) is 0.200. The Hall–Kier alpha value is -1.04. The van der Waals surface area contributed by atoms with E-state index in [1.165, 1.54) is 22.3 Å². The highest BCUT2D eigenvalue weighted by atomic mass is 14.2. The molecule has 0 aromatic heterocycles.